The molecule has 0 saturated carbocycles. The van der Waals surface area contributed by atoms with Gasteiger partial charge < -0.3 is 10.5 Å². The maximum absolute atomic E-state index is 5.73. The molecule has 1 aliphatic heterocycles. The third-order valence-corrected chi connectivity index (χ3v) is 2.24. The van der Waals surface area contributed by atoms with Crippen LogP contribution < -0.4 is 5.73 Å². The average Bonchev–Trinajstić information content (AvgIpc) is 2.57. The summed E-state index contributed by atoms with van der Waals surface area (Å²) in [5.41, 5.74) is 6.87. The molecule has 0 spiro atoms. The summed E-state index contributed by atoms with van der Waals surface area (Å²) in [6.07, 6.45) is 2.78. The van der Waals surface area contributed by atoms with Gasteiger partial charge in [-0.15, -0.1) is 0 Å². The van der Waals surface area contributed by atoms with Gasteiger partial charge in [0.15, 0.2) is 0 Å². The van der Waals surface area contributed by atoms with Crippen LogP contribution in [0.3, 0.4) is 0 Å². The zero-order valence-corrected chi connectivity index (χ0v) is 6.86. The molecule has 3 nitrogen and oxygen atoms in total. The Morgan fingerprint density at radius 2 is 2.50 bits per heavy atom. The van der Waals surface area contributed by atoms with E-state index in [-0.39, 0.29) is 0 Å². The number of pyridine rings is 1. The zero-order chi connectivity index (χ0) is 8.39. The first-order chi connectivity index (χ1) is 5.88. The van der Waals surface area contributed by atoms with E-state index >= 15 is 0 Å². The number of aromatic nitrogens is 1. The maximum Gasteiger partial charge on any atom is 0.126 e. The summed E-state index contributed by atoms with van der Waals surface area (Å²) in [6, 6.07) is 3.95. The predicted molar refractivity (Wildman–Crippen MR) is 46.8 cm³/mol. The second-order valence-corrected chi connectivity index (χ2v) is 3.04. The lowest BCUT2D eigenvalue weighted by atomic mass is 9.99. The zero-order valence-electron chi connectivity index (χ0n) is 6.86. The number of hydrogen-bond acceptors (Lipinski definition) is 3. The van der Waals surface area contributed by atoms with Crippen LogP contribution in [-0.4, -0.2) is 18.2 Å². The molecule has 0 aliphatic carbocycles. The molecule has 64 valence electrons. The van der Waals surface area contributed by atoms with Crippen molar-refractivity contribution in [3.63, 3.8) is 0 Å². The monoisotopic (exact) mass is 164 g/mol. The van der Waals surface area contributed by atoms with Gasteiger partial charge in [0.1, 0.15) is 5.82 Å². The Labute approximate surface area is 71.6 Å². The number of hydrogen-bond donors (Lipinski definition) is 1. The fourth-order valence-electron chi connectivity index (χ4n) is 1.55. The molecule has 0 radical (unpaired) electrons. The van der Waals surface area contributed by atoms with Gasteiger partial charge in [0.25, 0.3) is 0 Å². The van der Waals surface area contributed by atoms with E-state index in [0.717, 1.165) is 25.2 Å². The topological polar surface area (TPSA) is 48.1 Å². The SMILES string of the molecule is Nc1ncccc1[C@@H]1CCOC1. The molecule has 0 amide bonds. The van der Waals surface area contributed by atoms with Crippen LogP contribution in [-0.2, 0) is 4.74 Å². The molecule has 1 aliphatic rings. The van der Waals surface area contributed by atoms with E-state index in [1.165, 1.54) is 0 Å². The smallest absolute Gasteiger partial charge is 0.126 e. The summed E-state index contributed by atoms with van der Waals surface area (Å²) in [5, 5.41) is 0. The standard InChI is InChI=1S/C9H12N2O/c10-9-8(2-1-4-11-9)7-3-5-12-6-7/h1-2,4,7H,3,5-6H2,(H2,10,11)/t7-/m1/s1. The van der Waals surface area contributed by atoms with E-state index in [1.54, 1.807) is 6.20 Å². The second kappa shape index (κ2) is 3.11. The minimum absolute atomic E-state index is 0.457. The first-order valence-electron chi connectivity index (χ1n) is 4.16. The highest BCUT2D eigenvalue weighted by atomic mass is 16.5. The Bertz CT molecular complexity index is 269. The van der Waals surface area contributed by atoms with Crippen molar-refractivity contribution in [2.75, 3.05) is 18.9 Å². The first-order valence-corrected chi connectivity index (χ1v) is 4.16. The molecule has 0 aromatic carbocycles. The van der Waals surface area contributed by atoms with Gasteiger partial charge in [-0.3, -0.25) is 0 Å². The van der Waals surface area contributed by atoms with E-state index in [2.05, 4.69) is 4.98 Å². The minimum Gasteiger partial charge on any atom is -0.383 e. The summed E-state index contributed by atoms with van der Waals surface area (Å²) in [5.74, 6) is 1.10. The lowest BCUT2D eigenvalue weighted by Gasteiger charge is -2.08. The lowest BCUT2D eigenvalue weighted by molar-refractivity contribution is 0.194. The Morgan fingerprint density at radius 1 is 1.58 bits per heavy atom. The molecule has 1 aromatic heterocycles. The molecule has 0 bridgehead atoms. The van der Waals surface area contributed by atoms with Crippen LogP contribution in [0.25, 0.3) is 0 Å². The highest BCUT2D eigenvalue weighted by Gasteiger charge is 2.19. The van der Waals surface area contributed by atoms with Crippen LogP contribution in [0.2, 0.25) is 0 Å². The maximum atomic E-state index is 5.73. The predicted octanol–water partition coefficient (Wildman–Crippen LogP) is 1.17. The van der Waals surface area contributed by atoms with Crippen molar-refractivity contribution in [1.82, 2.24) is 4.98 Å². The Balaban J connectivity index is 2.26. The van der Waals surface area contributed by atoms with E-state index in [4.69, 9.17) is 10.5 Å². The second-order valence-electron chi connectivity index (χ2n) is 3.04. The van der Waals surface area contributed by atoms with Gasteiger partial charge in [-0.05, 0) is 18.1 Å². The first kappa shape index (κ1) is 7.55. The number of nitrogens with zero attached hydrogens (tertiary/aromatic N) is 1. The molecular formula is C9H12N2O. The van der Waals surface area contributed by atoms with Crippen molar-refractivity contribution < 1.29 is 4.74 Å². The van der Waals surface area contributed by atoms with E-state index in [1.807, 2.05) is 12.1 Å². The summed E-state index contributed by atoms with van der Waals surface area (Å²) in [6.45, 7) is 1.63. The van der Waals surface area contributed by atoms with Crippen LogP contribution in [0.4, 0.5) is 5.82 Å². The Morgan fingerprint density at radius 3 is 3.17 bits per heavy atom. The molecule has 3 heteroatoms. The van der Waals surface area contributed by atoms with Gasteiger partial charge in [-0.1, -0.05) is 6.07 Å². The van der Waals surface area contributed by atoms with Crippen molar-refractivity contribution in [1.29, 1.82) is 0 Å². The average molecular weight is 164 g/mol. The van der Waals surface area contributed by atoms with Crippen molar-refractivity contribution in [3.8, 4) is 0 Å². The van der Waals surface area contributed by atoms with Crippen LogP contribution in [0.15, 0.2) is 18.3 Å². The molecule has 1 saturated heterocycles. The van der Waals surface area contributed by atoms with Gasteiger partial charge in [0, 0.05) is 18.7 Å². The molecule has 2 rings (SSSR count). The summed E-state index contributed by atoms with van der Waals surface area (Å²) >= 11 is 0. The quantitative estimate of drug-likeness (QED) is 0.677. The number of anilines is 1. The third-order valence-electron chi connectivity index (χ3n) is 2.24. The molecule has 1 atom stereocenters. The largest absolute Gasteiger partial charge is 0.383 e. The number of ether oxygens (including phenoxy) is 1. The van der Waals surface area contributed by atoms with E-state index in [0.29, 0.717) is 11.7 Å². The van der Waals surface area contributed by atoms with E-state index < -0.39 is 0 Å². The van der Waals surface area contributed by atoms with Gasteiger partial charge in [0.05, 0.1) is 6.61 Å². The van der Waals surface area contributed by atoms with Crippen LogP contribution >= 0.6 is 0 Å². The highest BCUT2D eigenvalue weighted by Crippen LogP contribution is 2.27. The Hall–Kier alpha value is -1.09. The van der Waals surface area contributed by atoms with Crippen molar-refractivity contribution >= 4 is 5.82 Å². The van der Waals surface area contributed by atoms with Gasteiger partial charge in [0.2, 0.25) is 0 Å². The summed E-state index contributed by atoms with van der Waals surface area (Å²) < 4.78 is 5.28. The van der Waals surface area contributed by atoms with Crippen LogP contribution in [0.1, 0.15) is 17.9 Å². The highest BCUT2D eigenvalue weighted by molar-refractivity contribution is 5.41. The third kappa shape index (κ3) is 1.28. The molecule has 2 heterocycles. The van der Waals surface area contributed by atoms with Crippen molar-refractivity contribution in [2.24, 2.45) is 0 Å². The van der Waals surface area contributed by atoms with Crippen molar-refractivity contribution in [3.05, 3.63) is 23.9 Å². The van der Waals surface area contributed by atoms with Gasteiger partial charge in [-0.25, -0.2) is 4.98 Å². The molecule has 12 heavy (non-hydrogen) atoms. The number of nitrogens with two attached hydrogens (primary N) is 1. The molecule has 0 unspecified atom stereocenters. The molecule has 1 aromatic rings. The number of nitrogen functional groups attached to an aromatic ring is 1. The summed E-state index contributed by atoms with van der Waals surface area (Å²) in [4.78, 5) is 4.05. The fraction of sp³-hybridized carbons (Fsp3) is 0.444. The molecular weight excluding hydrogens is 152 g/mol. The van der Waals surface area contributed by atoms with Crippen LogP contribution in [0, 0.1) is 0 Å². The fourth-order valence-corrected chi connectivity index (χ4v) is 1.55. The molecule has 1 fully saturated rings. The van der Waals surface area contributed by atoms with Gasteiger partial charge in [-0.2, -0.15) is 0 Å². The lowest BCUT2D eigenvalue weighted by Crippen LogP contribution is -2.03. The van der Waals surface area contributed by atoms with Crippen molar-refractivity contribution in [2.45, 2.75) is 12.3 Å². The van der Waals surface area contributed by atoms with Crippen LogP contribution in [0.5, 0.6) is 0 Å². The number of rotatable bonds is 1. The van der Waals surface area contributed by atoms with E-state index in [9.17, 15) is 0 Å². The molecule has 2 N–H and O–H groups in total. The van der Waals surface area contributed by atoms with Gasteiger partial charge >= 0.3 is 0 Å². The Kier molecular flexibility index (Phi) is 1.96. The minimum atomic E-state index is 0.457. The normalized spacial score (nSPS) is 22.8. The summed E-state index contributed by atoms with van der Waals surface area (Å²) in [7, 11) is 0.